The van der Waals surface area contributed by atoms with Gasteiger partial charge in [-0.15, -0.1) is 0 Å². The predicted molar refractivity (Wildman–Crippen MR) is 55.5 cm³/mol. The number of rotatable bonds is 6. The van der Waals surface area contributed by atoms with Crippen LogP contribution in [-0.2, 0) is 0 Å². The fourth-order valence-corrected chi connectivity index (χ4v) is 1.12. The molecule has 0 aromatic carbocycles. The molecule has 0 rings (SSSR count). The minimum atomic E-state index is 0.0485. The Kier molecular flexibility index (Phi) is 7.45. The molecule has 3 heteroatoms. The van der Waals surface area contributed by atoms with Crippen LogP contribution in [0.2, 0.25) is 0 Å². The molecule has 0 aliphatic carbocycles. The van der Waals surface area contributed by atoms with E-state index in [1.807, 2.05) is 11.8 Å². The SMILES string of the molecule is [CH2]CCN(CCC)C(=O)NCCC. The van der Waals surface area contributed by atoms with Crippen molar-refractivity contribution in [3.63, 3.8) is 0 Å². The lowest BCUT2D eigenvalue weighted by Gasteiger charge is -2.21. The van der Waals surface area contributed by atoms with E-state index in [1.165, 1.54) is 0 Å². The van der Waals surface area contributed by atoms with Gasteiger partial charge in [0, 0.05) is 19.6 Å². The molecular formula is C10H21N2O. The summed E-state index contributed by atoms with van der Waals surface area (Å²) in [4.78, 5) is 13.3. The minimum Gasteiger partial charge on any atom is -0.338 e. The molecule has 0 unspecified atom stereocenters. The standard InChI is InChI=1S/C10H21N2O/c1-4-7-11-10(13)12(8-5-2)9-6-3/h2,4-9H2,1,3H3,(H,11,13). The second-order valence-electron chi connectivity index (χ2n) is 3.07. The van der Waals surface area contributed by atoms with E-state index in [0.29, 0.717) is 0 Å². The molecule has 0 fully saturated rings. The highest BCUT2D eigenvalue weighted by Gasteiger charge is 2.09. The molecule has 1 radical (unpaired) electrons. The Morgan fingerprint density at radius 2 is 2.00 bits per heavy atom. The van der Waals surface area contributed by atoms with Crippen LogP contribution in [0.15, 0.2) is 0 Å². The van der Waals surface area contributed by atoms with Crippen LogP contribution < -0.4 is 5.32 Å². The van der Waals surface area contributed by atoms with Crippen LogP contribution in [0.25, 0.3) is 0 Å². The fraction of sp³-hybridized carbons (Fsp3) is 0.800. The van der Waals surface area contributed by atoms with E-state index in [0.717, 1.165) is 38.9 Å². The summed E-state index contributed by atoms with van der Waals surface area (Å²) in [6, 6.07) is 0.0485. The van der Waals surface area contributed by atoms with Gasteiger partial charge in [0.2, 0.25) is 0 Å². The summed E-state index contributed by atoms with van der Waals surface area (Å²) in [7, 11) is 0. The number of hydrogen-bond donors (Lipinski definition) is 1. The topological polar surface area (TPSA) is 32.3 Å². The van der Waals surface area contributed by atoms with E-state index >= 15 is 0 Å². The van der Waals surface area contributed by atoms with Crippen molar-refractivity contribution in [3.05, 3.63) is 6.92 Å². The minimum absolute atomic E-state index is 0.0485. The maximum atomic E-state index is 11.5. The molecule has 0 aliphatic heterocycles. The zero-order valence-corrected chi connectivity index (χ0v) is 8.81. The first-order chi connectivity index (χ1) is 6.26. The first-order valence-electron chi connectivity index (χ1n) is 5.08. The summed E-state index contributed by atoms with van der Waals surface area (Å²) in [6.07, 6.45) is 2.76. The molecule has 0 atom stereocenters. The third-order valence-corrected chi connectivity index (χ3v) is 1.73. The molecule has 0 spiro atoms. The fourth-order valence-electron chi connectivity index (χ4n) is 1.12. The predicted octanol–water partition coefficient (Wildman–Crippen LogP) is 2.04. The lowest BCUT2D eigenvalue weighted by molar-refractivity contribution is 0.198. The molecule has 0 aromatic rings. The molecule has 0 aliphatic rings. The summed E-state index contributed by atoms with van der Waals surface area (Å²) in [5.74, 6) is 0. The largest absolute Gasteiger partial charge is 0.338 e. The number of nitrogens with one attached hydrogen (secondary N) is 1. The van der Waals surface area contributed by atoms with Gasteiger partial charge in [0.25, 0.3) is 0 Å². The quantitative estimate of drug-likeness (QED) is 0.675. The normalized spacial score (nSPS) is 9.77. The Morgan fingerprint density at radius 1 is 1.31 bits per heavy atom. The molecule has 0 saturated heterocycles. The van der Waals surface area contributed by atoms with Gasteiger partial charge in [-0.3, -0.25) is 0 Å². The third-order valence-electron chi connectivity index (χ3n) is 1.73. The van der Waals surface area contributed by atoms with Gasteiger partial charge in [0.05, 0.1) is 0 Å². The first kappa shape index (κ1) is 12.3. The Bertz CT molecular complexity index is 131. The van der Waals surface area contributed by atoms with Crippen molar-refractivity contribution in [1.82, 2.24) is 10.2 Å². The Labute approximate surface area is 81.5 Å². The molecule has 2 amide bonds. The van der Waals surface area contributed by atoms with E-state index in [4.69, 9.17) is 0 Å². The van der Waals surface area contributed by atoms with Gasteiger partial charge in [-0.05, 0) is 19.3 Å². The second-order valence-corrected chi connectivity index (χ2v) is 3.07. The average molecular weight is 185 g/mol. The van der Waals surface area contributed by atoms with Crippen molar-refractivity contribution in [2.45, 2.75) is 33.1 Å². The molecule has 0 aromatic heterocycles. The second kappa shape index (κ2) is 7.90. The molecule has 77 valence electrons. The molecule has 0 saturated carbocycles. The lowest BCUT2D eigenvalue weighted by atomic mass is 10.3. The highest BCUT2D eigenvalue weighted by Crippen LogP contribution is 1.94. The van der Waals surface area contributed by atoms with E-state index in [-0.39, 0.29) is 6.03 Å². The number of hydrogen-bond acceptors (Lipinski definition) is 1. The molecule has 13 heavy (non-hydrogen) atoms. The number of carbonyl (C=O) groups excluding carboxylic acids is 1. The summed E-state index contributed by atoms with van der Waals surface area (Å²) in [5.41, 5.74) is 0. The molecule has 0 heterocycles. The van der Waals surface area contributed by atoms with Crippen molar-refractivity contribution < 1.29 is 4.79 Å². The van der Waals surface area contributed by atoms with Gasteiger partial charge in [-0.1, -0.05) is 20.8 Å². The average Bonchev–Trinajstić information content (AvgIpc) is 2.14. The monoisotopic (exact) mass is 185 g/mol. The van der Waals surface area contributed by atoms with Crippen LogP contribution in [-0.4, -0.2) is 30.6 Å². The first-order valence-corrected chi connectivity index (χ1v) is 5.08. The zero-order valence-electron chi connectivity index (χ0n) is 8.81. The van der Waals surface area contributed by atoms with Crippen molar-refractivity contribution in [3.8, 4) is 0 Å². The van der Waals surface area contributed by atoms with Crippen LogP contribution in [0.4, 0.5) is 4.79 Å². The summed E-state index contributed by atoms with van der Waals surface area (Å²) >= 11 is 0. The van der Waals surface area contributed by atoms with E-state index in [1.54, 1.807) is 0 Å². The Balaban J connectivity index is 3.80. The van der Waals surface area contributed by atoms with Crippen LogP contribution >= 0.6 is 0 Å². The summed E-state index contributed by atoms with van der Waals surface area (Å²) < 4.78 is 0. The molecule has 3 nitrogen and oxygen atoms in total. The number of carbonyl (C=O) groups is 1. The van der Waals surface area contributed by atoms with Crippen molar-refractivity contribution in [2.24, 2.45) is 0 Å². The van der Waals surface area contributed by atoms with Crippen LogP contribution in [0, 0.1) is 6.92 Å². The maximum absolute atomic E-state index is 11.5. The molecule has 1 N–H and O–H groups in total. The summed E-state index contributed by atoms with van der Waals surface area (Å²) in [6.45, 7) is 10.2. The third kappa shape index (κ3) is 5.50. The van der Waals surface area contributed by atoms with Crippen molar-refractivity contribution >= 4 is 6.03 Å². The van der Waals surface area contributed by atoms with Gasteiger partial charge >= 0.3 is 6.03 Å². The van der Waals surface area contributed by atoms with Gasteiger partial charge in [-0.25, -0.2) is 4.79 Å². The smallest absolute Gasteiger partial charge is 0.317 e. The zero-order chi connectivity index (χ0) is 10.1. The lowest BCUT2D eigenvalue weighted by Crippen LogP contribution is -2.41. The highest BCUT2D eigenvalue weighted by molar-refractivity contribution is 5.74. The van der Waals surface area contributed by atoms with Gasteiger partial charge < -0.3 is 10.2 Å². The van der Waals surface area contributed by atoms with Crippen molar-refractivity contribution in [1.29, 1.82) is 0 Å². The van der Waals surface area contributed by atoms with Crippen molar-refractivity contribution in [2.75, 3.05) is 19.6 Å². The van der Waals surface area contributed by atoms with E-state index in [2.05, 4.69) is 19.2 Å². The molecular weight excluding hydrogens is 164 g/mol. The van der Waals surface area contributed by atoms with Gasteiger partial charge in [0.15, 0.2) is 0 Å². The Hall–Kier alpha value is -0.730. The van der Waals surface area contributed by atoms with Crippen LogP contribution in [0.3, 0.4) is 0 Å². The van der Waals surface area contributed by atoms with E-state index < -0.39 is 0 Å². The van der Waals surface area contributed by atoms with Gasteiger partial charge in [0.1, 0.15) is 0 Å². The highest BCUT2D eigenvalue weighted by atomic mass is 16.2. The molecule has 0 bridgehead atoms. The van der Waals surface area contributed by atoms with Crippen LogP contribution in [0.1, 0.15) is 33.1 Å². The number of urea groups is 1. The number of nitrogens with zero attached hydrogens (tertiary/aromatic N) is 1. The van der Waals surface area contributed by atoms with Crippen LogP contribution in [0.5, 0.6) is 0 Å². The number of amides is 2. The summed E-state index contributed by atoms with van der Waals surface area (Å²) in [5, 5.41) is 2.86. The Morgan fingerprint density at radius 3 is 2.46 bits per heavy atom. The maximum Gasteiger partial charge on any atom is 0.317 e. The van der Waals surface area contributed by atoms with E-state index in [9.17, 15) is 4.79 Å². The van der Waals surface area contributed by atoms with Gasteiger partial charge in [-0.2, -0.15) is 0 Å².